The van der Waals surface area contributed by atoms with Gasteiger partial charge < -0.3 is 9.15 Å². The summed E-state index contributed by atoms with van der Waals surface area (Å²) in [6, 6.07) is 11.4. The summed E-state index contributed by atoms with van der Waals surface area (Å²) in [5, 5.41) is 3.65. The summed E-state index contributed by atoms with van der Waals surface area (Å²) in [6.07, 6.45) is 8.51. The molecule has 0 spiro atoms. The van der Waals surface area contributed by atoms with Crippen LogP contribution in [0.4, 0.5) is 10.5 Å². The molecule has 1 N–H and O–H groups in total. The van der Waals surface area contributed by atoms with E-state index in [-0.39, 0.29) is 6.61 Å². The third kappa shape index (κ3) is 3.95. The summed E-state index contributed by atoms with van der Waals surface area (Å²) in [7, 11) is 0. The van der Waals surface area contributed by atoms with Gasteiger partial charge in [0.05, 0.1) is 11.9 Å². The van der Waals surface area contributed by atoms with E-state index in [2.05, 4.69) is 26.2 Å². The fourth-order valence-electron chi connectivity index (χ4n) is 2.96. The molecule has 0 radical (unpaired) electrons. The zero-order valence-electron chi connectivity index (χ0n) is 14.4. The number of rotatable bonds is 4. The molecule has 0 unspecified atom stereocenters. The molecular weight excluding hydrogens is 408 g/mol. The fourth-order valence-corrected chi connectivity index (χ4v) is 3.29. The molecule has 2 heterocycles. The quantitative estimate of drug-likeness (QED) is 0.554. The molecule has 0 saturated heterocycles. The summed E-state index contributed by atoms with van der Waals surface area (Å²) in [6.45, 7) is 0.206. The molecule has 6 heteroatoms. The van der Waals surface area contributed by atoms with Gasteiger partial charge >= 0.3 is 6.09 Å². The Kier molecular flexibility index (Phi) is 5.07. The Labute approximate surface area is 164 Å². The Morgan fingerprint density at radius 1 is 1.19 bits per heavy atom. The molecule has 136 valence electrons. The molecular formula is C21H17BrN2O3. The highest BCUT2D eigenvalue weighted by Crippen LogP contribution is 2.39. The van der Waals surface area contributed by atoms with Crippen LogP contribution in [-0.2, 0) is 11.3 Å². The summed E-state index contributed by atoms with van der Waals surface area (Å²) < 4.78 is 12.5. The number of pyridine rings is 1. The van der Waals surface area contributed by atoms with Gasteiger partial charge in [-0.25, -0.2) is 4.79 Å². The lowest BCUT2D eigenvalue weighted by Crippen LogP contribution is -2.14. The number of amides is 1. The average molecular weight is 425 g/mol. The minimum atomic E-state index is -0.521. The number of halogens is 1. The first-order valence-electron chi connectivity index (χ1n) is 8.60. The van der Waals surface area contributed by atoms with Crippen LogP contribution in [0.15, 0.2) is 69.8 Å². The Morgan fingerprint density at radius 3 is 2.81 bits per heavy atom. The van der Waals surface area contributed by atoms with Crippen molar-refractivity contribution >= 4 is 44.3 Å². The summed E-state index contributed by atoms with van der Waals surface area (Å²) >= 11 is 3.51. The van der Waals surface area contributed by atoms with Gasteiger partial charge in [-0.1, -0.05) is 58.4 Å². The second-order valence-electron chi connectivity index (χ2n) is 6.17. The van der Waals surface area contributed by atoms with Crippen LogP contribution in [0.5, 0.6) is 0 Å². The maximum Gasteiger partial charge on any atom is 0.412 e. The van der Waals surface area contributed by atoms with E-state index in [0.717, 1.165) is 33.8 Å². The SMILES string of the molecule is O=C(Nc1c(C2=CC=C(Br)CC2)oc2cnccc12)OCc1ccccc1. The molecule has 1 aliphatic carbocycles. The number of hydrogen-bond donors (Lipinski definition) is 1. The smallest absolute Gasteiger partial charge is 0.412 e. The number of fused-ring (bicyclic) bond motifs is 1. The molecule has 2 aromatic heterocycles. The normalized spacial score (nSPS) is 13.8. The van der Waals surface area contributed by atoms with Crippen LogP contribution >= 0.6 is 15.9 Å². The highest BCUT2D eigenvalue weighted by molar-refractivity contribution is 9.11. The van der Waals surface area contributed by atoms with E-state index in [4.69, 9.17) is 9.15 Å². The number of benzene rings is 1. The second-order valence-corrected chi connectivity index (χ2v) is 7.19. The van der Waals surface area contributed by atoms with Crippen LogP contribution < -0.4 is 5.32 Å². The van der Waals surface area contributed by atoms with Crippen molar-refractivity contribution in [2.75, 3.05) is 5.32 Å². The maximum absolute atomic E-state index is 12.4. The van der Waals surface area contributed by atoms with Crippen LogP contribution in [0.3, 0.4) is 0 Å². The van der Waals surface area contributed by atoms with Crippen LogP contribution in [0.2, 0.25) is 0 Å². The lowest BCUT2D eigenvalue weighted by atomic mass is 10.0. The largest absolute Gasteiger partial charge is 0.453 e. The number of furan rings is 1. The molecule has 0 atom stereocenters. The van der Waals surface area contributed by atoms with Gasteiger partial charge in [0.25, 0.3) is 0 Å². The van der Waals surface area contributed by atoms with Crippen molar-refractivity contribution < 1.29 is 13.9 Å². The number of nitrogens with one attached hydrogen (secondary N) is 1. The zero-order valence-corrected chi connectivity index (χ0v) is 16.0. The fraction of sp³-hybridized carbons (Fsp3) is 0.143. The van der Waals surface area contributed by atoms with Gasteiger partial charge in [0.1, 0.15) is 6.61 Å². The van der Waals surface area contributed by atoms with E-state index in [1.807, 2.05) is 48.6 Å². The number of anilines is 1. The first-order chi connectivity index (χ1) is 13.2. The van der Waals surface area contributed by atoms with Gasteiger partial charge in [0.15, 0.2) is 11.3 Å². The molecule has 1 aliphatic rings. The van der Waals surface area contributed by atoms with Gasteiger partial charge in [-0.2, -0.15) is 0 Å². The van der Waals surface area contributed by atoms with Crippen molar-refractivity contribution in [3.63, 3.8) is 0 Å². The average Bonchev–Trinajstić information content (AvgIpc) is 3.06. The lowest BCUT2D eigenvalue weighted by Gasteiger charge is -2.12. The highest BCUT2D eigenvalue weighted by atomic mass is 79.9. The first-order valence-corrected chi connectivity index (χ1v) is 9.40. The van der Waals surface area contributed by atoms with E-state index in [0.29, 0.717) is 17.0 Å². The second kappa shape index (κ2) is 7.80. The Morgan fingerprint density at radius 2 is 2.04 bits per heavy atom. The molecule has 5 nitrogen and oxygen atoms in total. The predicted octanol–water partition coefficient (Wildman–Crippen LogP) is 6.03. The number of aromatic nitrogens is 1. The van der Waals surface area contributed by atoms with Gasteiger partial charge in [-0.3, -0.25) is 10.3 Å². The molecule has 3 aromatic rings. The number of carbonyl (C=O) groups excluding carboxylic acids is 1. The van der Waals surface area contributed by atoms with Gasteiger partial charge in [0.2, 0.25) is 0 Å². The molecule has 1 amide bonds. The number of hydrogen-bond acceptors (Lipinski definition) is 4. The maximum atomic E-state index is 12.4. The molecule has 0 bridgehead atoms. The van der Waals surface area contributed by atoms with Crippen molar-refractivity contribution in [3.8, 4) is 0 Å². The van der Waals surface area contributed by atoms with Crippen molar-refractivity contribution in [2.24, 2.45) is 0 Å². The first kappa shape index (κ1) is 17.5. The Balaban J connectivity index is 1.60. The van der Waals surface area contributed by atoms with E-state index < -0.39 is 6.09 Å². The summed E-state index contributed by atoms with van der Waals surface area (Å²) in [5.74, 6) is 0.644. The Bertz CT molecular complexity index is 1040. The molecule has 0 aliphatic heterocycles. The standard InChI is InChI=1S/C21H17BrN2O3/c22-16-8-6-15(7-9-16)20-19(17-10-11-23-12-18(17)27-20)24-21(25)26-13-14-4-2-1-3-5-14/h1-6,8,10-12H,7,9,13H2,(H,24,25). The molecule has 27 heavy (non-hydrogen) atoms. The molecule has 1 aromatic carbocycles. The minimum Gasteiger partial charge on any atom is -0.453 e. The molecule has 4 rings (SSSR count). The molecule has 0 fully saturated rings. The third-order valence-corrected chi connectivity index (χ3v) is 4.98. The monoisotopic (exact) mass is 424 g/mol. The number of nitrogens with zero attached hydrogens (tertiary/aromatic N) is 1. The van der Waals surface area contributed by atoms with Crippen molar-refractivity contribution in [3.05, 3.63) is 76.8 Å². The van der Waals surface area contributed by atoms with E-state index in [1.165, 1.54) is 0 Å². The van der Waals surface area contributed by atoms with Gasteiger partial charge in [-0.15, -0.1) is 0 Å². The van der Waals surface area contributed by atoms with E-state index in [9.17, 15) is 4.79 Å². The number of allylic oxidation sites excluding steroid dienone is 4. The van der Waals surface area contributed by atoms with E-state index >= 15 is 0 Å². The summed E-state index contributed by atoms with van der Waals surface area (Å²) in [4.78, 5) is 16.5. The summed E-state index contributed by atoms with van der Waals surface area (Å²) in [5.41, 5.74) is 3.19. The van der Waals surface area contributed by atoms with Crippen LogP contribution in [-0.4, -0.2) is 11.1 Å². The van der Waals surface area contributed by atoms with Gasteiger partial charge in [-0.05, 0) is 34.5 Å². The number of ether oxygens (including phenoxy) is 1. The van der Waals surface area contributed by atoms with E-state index in [1.54, 1.807) is 12.4 Å². The van der Waals surface area contributed by atoms with Crippen LogP contribution in [0.25, 0.3) is 16.5 Å². The minimum absolute atomic E-state index is 0.206. The third-order valence-electron chi connectivity index (χ3n) is 4.32. The van der Waals surface area contributed by atoms with Crippen molar-refractivity contribution in [1.29, 1.82) is 0 Å². The topological polar surface area (TPSA) is 64.4 Å². The zero-order chi connectivity index (χ0) is 18.6. The van der Waals surface area contributed by atoms with Crippen molar-refractivity contribution in [2.45, 2.75) is 19.4 Å². The predicted molar refractivity (Wildman–Crippen MR) is 108 cm³/mol. The molecule has 0 saturated carbocycles. The highest BCUT2D eigenvalue weighted by Gasteiger charge is 2.21. The van der Waals surface area contributed by atoms with Crippen LogP contribution in [0, 0.1) is 0 Å². The lowest BCUT2D eigenvalue weighted by molar-refractivity contribution is 0.155. The van der Waals surface area contributed by atoms with Gasteiger partial charge in [0, 0.05) is 11.6 Å². The van der Waals surface area contributed by atoms with Crippen LogP contribution in [0.1, 0.15) is 24.2 Å². The Hall–Kier alpha value is -2.86. The number of carbonyl (C=O) groups is 1. The van der Waals surface area contributed by atoms with Crippen molar-refractivity contribution in [1.82, 2.24) is 4.98 Å².